The summed E-state index contributed by atoms with van der Waals surface area (Å²) in [6.07, 6.45) is 0.731. The fourth-order valence-corrected chi connectivity index (χ4v) is 3.73. The molecule has 7 heteroatoms. The summed E-state index contributed by atoms with van der Waals surface area (Å²) >= 11 is 5.59. The second kappa shape index (κ2) is 7.24. The Hall–Kier alpha value is -2.93. The van der Waals surface area contributed by atoms with E-state index in [1.54, 1.807) is 27.4 Å². The third-order valence-corrected chi connectivity index (χ3v) is 5.20. The lowest BCUT2D eigenvalue weighted by Crippen LogP contribution is -2.36. The summed E-state index contributed by atoms with van der Waals surface area (Å²) in [4.78, 5) is 9.79. The van der Waals surface area contributed by atoms with Crippen molar-refractivity contribution in [2.24, 2.45) is 15.9 Å². The van der Waals surface area contributed by atoms with Gasteiger partial charge in [0.2, 0.25) is 11.6 Å². The van der Waals surface area contributed by atoms with E-state index in [1.807, 2.05) is 18.2 Å². The molecule has 0 saturated carbocycles. The van der Waals surface area contributed by atoms with Gasteiger partial charge >= 0.3 is 0 Å². The molecule has 0 aromatic heterocycles. The van der Waals surface area contributed by atoms with Crippen molar-refractivity contribution >= 4 is 28.9 Å². The number of nitrogens with zero attached hydrogens (tertiary/aromatic N) is 2. The molecule has 4 rings (SSSR count). The van der Waals surface area contributed by atoms with Crippen molar-refractivity contribution in [1.82, 2.24) is 0 Å². The highest BCUT2D eigenvalue weighted by molar-refractivity contribution is 7.80. The van der Waals surface area contributed by atoms with Gasteiger partial charge in [0, 0.05) is 0 Å². The lowest BCUT2D eigenvalue weighted by atomic mass is 9.93. The highest BCUT2D eigenvalue weighted by Gasteiger charge is 2.34. The number of thiocarbonyl (C=S) groups is 1. The molecule has 2 aliphatic rings. The molecule has 1 unspecified atom stereocenters. The predicted molar refractivity (Wildman–Crippen MR) is 112 cm³/mol. The van der Waals surface area contributed by atoms with E-state index in [-0.39, 0.29) is 5.92 Å². The molecular formula is C21H20N2O4S. The van der Waals surface area contributed by atoms with Gasteiger partial charge in [-0.05, 0) is 37.1 Å². The number of ether oxygens (including phenoxy) is 4. The van der Waals surface area contributed by atoms with E-state index in [9.17, 15) is 0 Å². The Balaban J connectivity index is 1.78. The molecule has 0 amide bonds. The van der Waals surface area contributed by atoms with Crippen LogP contribution in [0.3, 0.4) is 0 Å². The number of hydrogen-bond acceptors (Lipinski definition) is 6. The lowest BCUT2D eigenvalue weighted by molar-refractivity contribution is 0.324. The zero-order valence-corrected chi connectivity index (χ0v) is 16.9. The second-order valence-electron chi connectivity index (χ2n) is 6.58. The fraction of sp³-hybridized carbons (Fsp3) is 0.286. The van der Waals surface area contributed by atoms with Gasteiger partial charge in [-0.2, -0.15) is 4.99 Å². The van der Waals surface area contributed by atoms with Gasteiger partial charge in [0.1, 0.15) is 10.7 Å². The first-order chi connectivity index (χ1) is 13.5. The summed E-state index contributed by atoms with van der Waals surface area (Å²) in [6.45, 7) is 2.06. The van der Waals surface area contributed by atoms with Crippen LogP contribution >= 0.6 is 12.2 Å². The van der Waals surface area contributed by atoms with Gasteiger partial charge in [-0.25, -0.2) is 4.99 Å². The summed E-state index contributed by atoms with van der Waals surface area (Å²) in [7, 11) is 4.70. The van der Waals surface area contributed by atoms with Crippen LogP contribution in [-0.2, 0) is 6.42 Å². The van der Waals surface area contributed by atoms with E-state index in [2.05, 4.69) is 23.0 Å². The molecule has 0 spiro atoms. The van der Waals surface area contributed by atoms with Crippen molar-refractivity contribution in [1.29, 1.82) is 0 Å². The van der Waals surface area contributed by atoms with Gasteiger partial charge in [-0.1, -0.05) is 29.9 Å². The van der Waals surface area contributed by atoms with E-state index >= 15 is 0 Å². The standard InChI is InChI=1S/C21H20N2O4S/c1-11-5-7-15-12(9-11)10-14-20(27-15)22-19(23-21(14)28)13-6-8-16(24-2)18(26-4)17(13)25-3/h5-9,14H,10H2,1-4H3. The van der Waals surface area contributed by atoms with Crippen LogP contribution in [-0.4, -0.2) is 38.1 Å². The van der Waals surface area contributed by atoms with Crippen molar-refractivity contribution in [3.8, 4) is 23.0 Å². The van der Waals surface area contributed by atoms with Crippen molar-refractivity contribution in [2.45, 2.75) is 13.3 Å². The second-order valence-corrected chi connectivity index (χ2v) is 6.99. The first-order valence-corrected chi connectivity index (χ1v) is 9.24. The van der Waals surface area contributed by atoms with Crippen molar-refractivity contribution in [3.63, 3.8) is 0 Å². The maximum absolute atomic E-state index is 6.07. The van der Waals surface area contributed by atoms with Crippen LogP contribution in [0, 0.1) is 12.8 Å². The highest BCUT2D eigenvalue weighted by atomic mass is 32.1. The molecule has 2 aliphatic heterocycles. The molecule has 0 aliphatic carbocycles. The molecule has 144 valence electrons. The number of benzene rings is 2. The van der Waals surface area contributed by atoms with Crippen LogP contribution in [0.5, 0.6) is 23.0 Å². The number of fused-ring (bicyclic) bond motifs is 2. The Bertz CT molecular complexity index is 1030. The number of aliphatic imine (C=N–C) groups is 2. The molecule has 0 saturated heterocycles. The largest absolute Gasteiger partial charge is 0.493 e. The maximum Gasteiger partial charge on any atom is 0.207 e. The van der Waals surface area contributed by atoms with Gasteiger partial charge in [0.05, 0.1) is 32.8 Å². The molecule has 0 fully saturated rings. The van der Waals surface area contributed by atoms with Crippen LogP contribution in [0.1, 0.15) is 16.7 Å². The van der Waals surface area contributed by atoms with Crippen molar-refractivity contribution in [3.05, 3.63) is 47.0 Å². The van der Waals surface area contributed by atoms with E-state index in [0.29, 0.717) is 39.5 Å². The number of amidine groups is 1. The summed E-state index contributed by atoms with van der Waals surface area (Å²) in [5.41, 5.74) is 2.96. The summed E-state index contributed by atoms with van der Waals surface area (Å²) < 4.78 is 22.4. The predicted octanol–water partition coefficient (Wildman–Crippen LogP) is 3.76. The monoisotopic (exact) mass is 396 g/mol. The van der Waals surface area contributed by atoms with E-state index in [0.717, 1.165) is 17.7 Å². The summed E-state index contributed by atoms with van der Waals surface area (Å²) in [5.74, 6) is 3.18. The SMILES string of the molecule is COc1ccc(C2=NC(=S)C3Cc4cc(C)ccc4OC3=N2)c(OC)c1OC. The number of hydrogen-bond donors (Lipinski definition) is 0. The average Bonchev–Trinajstić information content (AvgIpc) is 2.71. The Morgan fingerprint density at radius 3 is 2.50 bits per heavy atom. The first kappa shape index (κ1) is 18.4. The fourth-order valence-electron chi connectivity index (χ4n) is 3.46. The van der Waals surface area contributed by atoms with Crippen LogP contribution < -0.4 is 18.9 Å². The zero-order chi connectivity index (χ0) is 19.8. The van der Waals surface area contributed by atoms with Crippen molar-refractivity contribution < 1.29 is 18.9 Å². The molecule has 28 heavy (non-hydrogen) atoms. The Morgan fingerprint density at radius 1 is 1.00 bits per heavy atom. The molecule has 6 nitrogen and oxygen atoms in total. The van der Waals surface area contributed by atoms with Gasteiger partial charge in [0.15, 0.2) is 17.3 Å². The Labute approximate surface area is 168 Å². The minimum Gasteiger partial charge on any atom is -0.493 e. The van der Waals surface area contributed by atoms with Crippen LogP contribution in [0.25, 0.3) is 0 Å². The van der Waals surface area contributed by atoms with Gasteiger partial charge in [-0.15, -0.1) is 0 Å². The molecule has 2 heterocycles. The first-order valence-electron chi connectivity index (χ1n) is 8.83. The van der Waals surface area contributed by atoms with E-state index < -0.39 is 0 Å². The molecular weight excluding hydrogens is 376 g/mol. The molecule has 1 atom stereocenters. The molecule has 0 bridgehead atoms. The van der Waals surface area contributed by atoms with Crippen LogP contribution in [0.15, 0.2) is 40.3 Å². The number of methoxy groups -OCH3 is 3. The lowest BCUT2D eigenvalue weighted by Gasteiger charge is -2.28. The minimum absolute atomic E-state index is 0.140. The topological polar surface area (TPSA) is 61.6 Å². The smallest absolute Gasteiger partial charge is 0.207 e. The normalized spacial score (nSPS) is 17.6. The van der Waals surface area contributed by atoms with Gasteiger partial charge in [0.25, 0.3) is 0 Å². The number of aryl methyl sites for hydroxylation is 1. The minimum atomic E-state index is -0.140. The van der Waals surface area contributed by atoms with E-state index in [1.165, 1.54) is 5.56 Å². The maximum atomic E-state index is 6.07. The van der Waals surface area contributed by atoms with Gasteiger partial charge < -0.3 is 18.9 Å². The van der Waals surface area contributed by atoms with Crippen LogP contribution in [0.2, 0.25) is 0 Å². The Kier molecular flexibility index (Phi) is 4.77. The molecule has 0 N–H and O–H groups in total. The molecule has 2 aromatic rings. The number of rotatable bonds is 4. The van der Waals surface area contributed by atoms with Crippen LogP contribution in [0.4, 0.5) is 0 Å². The highest BCUT2D eigenvalue weighted by Crippen LogP contribution is 2.41. The average molecular weight is 396 g/mol. The Morgan fingerprint density at radius 2 is 1.79 bits per heavy atom. The van der Waals surface area contributed by atoms with Crippen molar-refractivity contribution in [2.75, 3.05) is 21.3 Å². The molecule has 0 radical (unpaired) electrons. The zero-order valence-electron chi connectivity index (χ0n) is 16.1. The quantitative estimate of drug-likeness (QED) is 0.737. The van der Waals surface area contributed by atoms with Gasteiger partial charge in [-0.3, -0.25) is 0 Å². The summed E-state index contributed by atoms with van der Waals surface area (Å²) in [6, 6.07) is 9.72. The summed E-state index contributed by atoms with van der Waals surface area (Å²) in [5, 5.41) is 0. The molecule has 2 aromatic carbocycles. The van der Waals surface area contributed by atoms with E-state index in [4.69, 9.17) is 31.2 Å². The third-order valence-electron chi connectivity index (χ3n) is 4.83. The third kappa shape index (κ3) is 3.01.